The van der Waals surface area contributed by atoms with E-state index in [1.807, 2.05) is 20.8 Å². The maximum absolute atomic E-state index is 13.5. The minimum absolute atomic E-state index is 0.131. The third-order valence-electron chi connectivity index (χ3n) is 3.01. The number of aromatic nitrogens is 2. The zero-order valence-electron chi connectivity index (χ0n) is 12.9. The number of nitrogens with zero attached hydrogens (tertiary/aromatic N) is 2. The molecule has 0 saturated heterocycles. The Balaban J connectivity index is 1.95. The SMILES string of the molecule is CC(C)(C)C(=O)Nc1ccc(NCc2ccccc2F)nn1. The second-order valence-electron chi connectivity index (χ2n) is 5.95. The zero-order chi connectivity index (χ0) is 16.2. The van der Waals surface area contributed by atoms with Gasteiger partial charge in [-0.15, -0.1) is 10.2 Å². The second-order valence-corrected chi connectivity index (χ2v) is 5.95. The summed E-state index contributed by atoms with van der Waals surface area (Å²) < 4.78 is 13.5. The van der Waals surface area contributed by atoms with Gasteiger partial charge in [-0.3, -0.25) is 4.79 Å². The van der Waals surface area contributed by atoms with Crippen LogP contribution in [0.15, 0.2) is 36.4 Å². The highest BCUT2D eigenvalue weighted by Crippen LogP contribution is 2.16. The number of carbonyl (C=O) groups excluding carboxylic acids is 1. The number of rotatable bonds is 4. The number of halogens is 1. The molecule has 1 amide bonds. The van der Waals surface area contributed by atoms with E-state index in [2.05, 4.69) is 20.8 Å². The van der Waals surface area contributed by atoms with Gasteiger partial charge in [0.15, 0.2) is 5.82 Å². The van der Waals surface area contributed by atoms with Gasteiger partial charge in [-0.25, -0.2) is 4.39 Å². The average molecular weight is 302 g/mol. The predicted octanol–water partition coefficient (Wildman–Crippen LogP) is 3.21. The molecule has 1 aromatic heterocycles. The monoisotopic (exact) mass is 302 g/mol. The largest absolute Gasteiger partial charge is 0.364 e. The molecule has 0 unspecified atom stereocenters. The van der Waals surface area contributed by atoms with Crippen LogP contribution in [0.2, 0.25) is 0 Å². The van der Waals surface area contributed by atoms with E-state index in [-0.39, 0.29) is 11.7 Å². The third kappa shape index (κ3) is 4.25. The molecule has 0 aliphatic heterocycles. The smallest absolute Gasteiger partial charge is 0.230 e. The summed E-state index contributed by atoms with van der Waals surface area (Å²) in [7, 11) is 0. The summed E-state index contributed by atoms with van der Waals surface area (Å²) in [6, 6.07) is 9.87. The number of anilines is 2. The molecule has 22 heavy (non-hydrogen) atoms. The van der Waals surface area contributed by atoms with Crippen molar-refractivity contribution in [1.29, 1.82) is 0 Å². The zero-order valence-corrected chi connectivity index (χ0v) is 12.9. The maximum atomic E-state index is 13.5. The lowest BCUT2D eigenvalue weighted by molar-refractivity contribution is -0.123. The quantitative estimate of drug-likeness (QED) is 0.910. The molecular formula is C16H19FN4O. The summed E-state index contributed by atoms with van der Waals surface area (Å²) in [5.41, 5.74) is 0.0538. The molecule has 1 aromatic carbocycles. The normalized spacial score (nSPS) is 11.1. The molecule has 2 N–H and O–H groups in total. The summed E-state index contributed by atoms with van der Waals surface area (Å²) >= 11 is 0. The third-order valence-corrected chi connectivity index (χ3v) is 3.01. The van der Waals surface area contributed by atoms with Crippen LogP contribution in [0.25, 0.3) is 0 Å². The standard InChI is InChI=1S/C16H19FN4O/c1-16(2,3)15(22)19-14-9-8-13(20-21-14)18-10-11-6-4-5-7-12(11)17/h4-9H,10H2,1-3H3,(H,18,20)(H,19,21,22). The van der Waals surface area contributed by atoms with Crippen molar-refractivity contribution in [3.05, 3.63) is 47.8 Å². The Labute approximate surface area is 129 Å². The second kappa shape index (κ2) is 6.51. The van der Waals surface area contributed by atoms with Gasteiger partial charge in [-0.1, -0.05) is 39.0 Å². The first-order valence-electron chi connectivity index (χ1n) is 6.99. The molecule has 0 spiro atoms. The molecule has 0 aliphatic rings. The molecule has 5 nitrogen and oxygen atoms in total. The highest BCUT2D eigenvalue weighted by atomic mass is 19.1. The van der Waals surface area contributed by atoms with Gasteiger partial charge in [0.25, 0.3) is 0 Å². The minimum Gasteiger partial charge on any atom is -0.364 e. The van der Waals surface area contributed by atoms with Gasteiger partial charge in [0, 0.05) is 17.5 Å². The van der Waals surface area contributed by atoms with Gasteiger partial charge in [0.05, 0.1) is 0 Å². The van der Waals surface area contributed by atoms with Crippen LogP contribution in [0.5, 0.6) is 0 Å². The van der Waals surface area contributed by atoms with E-state index in [0.717, 1.165) is 0 Å². The van der Waals surface area contributed by atoms with E-state index in [9.17, 15) is 9.18 Å². The Kier molecular flexibility index (Phi) is 4.70. The summed E-state index contributed by atoms with van der Waals surface area (Å²) in [6.45, 7) is 5.77. The Morgan fingerprint density at radius 1 is 1.09 bits per heavy atom. The van der Waals surface area contributed by atoms with Gasteiger partial charge < -0.3 is 10.6 Å². The van der Waals surface area contributed by atoms with E-state index < -0.39 is 5.41 Å². The maximum Gasteiger partial charge on any atom is 0.230 e. The number of benzene rings is 1. The van der Waals surface area contributed by atoms with Crippen LogP contribution in [-0.4, -0.2) is 16.1 Å². The molecule has 0 aliphatic carbocycles. The van der Waals surface area contributed by atoms with Crippen LogP contribution in [-0.2, 0) is 11.3 Å². The molecule has 2 aromatic rings. The molecule has 2 rings (SSSR count). The van der Waals surface area contributed by atoms with Crippen molar-refractivity contribution >= 4 is 17.5 Å². The van der Waals surface area contributed by atoms with Gasteiger partial charge >= 0.3 is 0 Å². The van der Waals surface area contributed by atoms with Crippen molar-refractivity contribution in [2.75, 3.05) is 10.6 Å². The number of nitrogens with one attached hydrogen (secondary N) is 2. The molecule has 0 atom stereocenters. The molecule has 0 saturated carbocycles. The van der Waals surface area contributed by atoms with Crippen molar-refractivity contribution in [2.24, 2.45) is 5.41 Å². The molecule has 6 heteroatoms. The Morgan fingerprint density at radius 2 is 1.73 bits per heavy atom. The van der Waals surface area contributed by atoms with E-state index in [4.69, 9.17) is 0 Å². The Morgan fingerprint density at radius 3 is 2.32 bits per heavy atom. The summed E-state index contributed by atoms with van der Waals surface area (Å²) in [5, 5.41) is 13.6. The van der Waals surface area contributed by atoms with E-state index in [0.29, 0.717) is 23.7 Å². The first-order chi connectivity index (χ1) is 10.4. The van der Waals surface area contributed by atoms with Crippen LogP contribution >= 0.6 is 0 Å². The van der Waals surface area contributed by atoms with Crippen LogP contribution in [0.3, 0.4) is 0 Å². The van der Waals surface area contributed by atoms with E-state index in [1.54, 1.807) is 30.3 Å². The van der Waals surface area contributed by atoms with Crippen molar-refractivity contribution in [3.63, 3.8) is 0 Å². The molecule has 0 radical (unpaired) electrons. The van der Waals surface area contributed by atoms with E-state index >= 15 is 0 Å². The van der Waals surface area contributed by atoms with Gasteiger partial charge in [-0.05, 0) is 18.2 Å². The summed E-state index contributed by atoms with van der Waals surface area (Å²) in [4.78, 5) is 11.8. The van der Waals surface area contributed by atoms with Crippen molar-refractivity contribution in [1.82, 2.24) is 10.2 Å². The number of amides is 1. The van der Waals surface area contributed by atoms with Crippen LogP contribution in [0.1, 0.15) is 26.3 Å². The van der Waals surface area contributed by atoms with Crippen LogP contribution < -0.4 is 10.6 Å². The van der Waals surface area contributed by atoms with Gasteiger partial charge in [0.2, 0.25) is 5.91 Å². The first kappa shape index (κ1) is 15.9. The lowest BCUT2D eigenvalue weighted by atomic mass is 9.96. The number of carbonyl (C=O) groups is 1. The van der Waals surface area contributed by atoms with Crippen molar-refractivity contribution < 1.29 is 9.18 Å². The van der Waals surface area contributed by atoms with Gasteiger partial charge in [0.1, 0.15) is 11.6 Å². The molecular weight excluding hydrogens is 283 g/mol. The molecule has 116 valence electrons. The number of hydrogen-bond donors (Lipinski definition) is 2. The first-order valence-corrected chi connectivity index (χ1v) is 6.99. The van der Waals surface area contributed by atoms with Crippen LogP contribution in [0.4, 0.5) is 16.0 Å². The lowest BCUT2D eigenvalue weighted by Gasteiger charge is -2.16. The van der Waals surface area contributed by atoms with Crippen molar-refractivity contribution in [3.8, 4) is 0 Å². The molecule has 1 heterocycles. The summed E-state index contributed by atoms with van der Waals surface area (Å²) in [5.74, 6) is 0.499. The fourth-order valence-electron chi connectivity index (χ4n) is 1.62. The number of hydrogen-bond acceptors (Lipinski definition) is 4. The Hall–Kier alpha value is -2.50. The highest BCUT2D eigenvalue weighted by molar-refractivity contribution is 5.93. The Bertz CT molecular complexity index is 650. The minimum atomic E-state index is -0.497. The predicted molar refractivity (Wildman–Crippen MR) is 83.8 cm³/mol. The van der Waals surface area contributed by atoms with Crippen LogP contribution in [0, 0.1) is 11.2 Å². The molecule has 0 bridgehead atoms. The topological polar surface area (TPSA) is 66.9 Å². The summed E-state index contributed by atoms with van der Waals surface area (Å²) in [6.07, 6.45) is 0. The fourth-order valence-corrected chi connectivity index (χ4v) is 1.62. The highest BCUT2D eigenvalue weighted by Gasteiger charge is 2.21. The lowest BCUT2D eigenvalue weighted by Crippen LogP contribution is -2.28. The van der Waals surface area contributed by atoms with Crippen molar-refractivity contribution in [2.45, 2.75) is 27.3 Å². The average Bonchev–Trinajstić information content (AvgIpc) is 2.47. The fraction of sp³-hybridized carbons (Fsp3) is 0.312. The van der Waals surface area contributed by atoms with E-state index in [1.165, 1.54) is 6.07 Å². The molecule has 0 fully saturated rings. The van der Waals surface area contributed by atoms with Gasteiger partial charge in [-0.2, -0.15) is 0 Å².